The maximum atomic E-state index is 11.9. The second kappa shape index (κ2) is 10.0. The molecule has 7 heteroatoms. The van der Waals surface area contributed by atoms with Gasteiger partial charge in [0.05, 0.1) is 24.8 Å². The Bertz CT molecular complexity index is 799. The first-order valence-corrected chi connectivity index (χ1v) is 8.46. The highest BCUT2D eigenvalue weighted by Gasteiger charge is 2.21. The number of carbonyl (C=O) groups is 1. The van der Waals surface area contributed by atoms with Crippen molar-refractivity contribution in [3.63, 3.8) is 0 Å². The van der Waals surface area contributed by atoms with Gasteiger partial charge in [-0.15, -0.1) is 0 Å². The maximum Gasteiger partial charge on any atom is 0.330 e. The maximum absolute atomic E-state index is 11.9. The van der Waals surface area contributed by atoms with Crippen LogP contribution < -0.4 is 14.8 Å². The molecule has 0 bridgehead atoms. The van der Waals surface area contributed by atoms with Crippen molar-refractivity contribution in [3.8, 4) is 17.6 Å². The Balaban J connectivity index is 2.30. The fourth-order valence-corrected chi connectivity index (χ4v) is 2.43. The van der Waals surface area contributed by atoms with E-state index in [0.29, 0.717) is 48.1 Å². The zero-order valence-corrected chi connectivity index (χ0v) is 15.3. The normalized spacial score (nSPS) is 11.3. The van der Waals surface area contributed by atoms with Crippen molar-refractivity contribution in [3.05, 3.63) is 53.6 Å². The molecule has 2 aromatic carbocycles. The lowest BCUT2D eigenvalue weighted by molar-refractivity contribution is -0.138. The van der Waals surface area contributed by atoms with E-state index in [4.69, 9.17) is 19.5 Å². The van der Waals surface area contributed by atoms with Gasteiger partial charge >= 0.3 is 5.97 Å². The molecule has 0 aliphatic heterocycles. The molecule has 2 N–H and O–H groups in total. The fourth-order valence-electron chi connectivity index (χ4n) is 2.43. The van der Waals surface area contributed by atoms with Crippen LogP contribution in [0.5, 0.6) is 11.5 Å². The van der Waals surface area contributed by atoms with Gasteiger partial charge in [-0.05, 0) is 48.9 Å². The molecule has 2 aromatic rings. The van der Waals surface area contributed by atoms with E-state index in [-0.39, 0.29) is 0 Å². The number of carboxylic acid groups (broad SMARTS) is 1. The minimum absolute atomic E-state index is 0.340. The standard InChI is InChI=1S/C20H22N2O5/c1-3-26-17-10-15(11-18(12-17)27-9-8-25-2)19(20(23)24)22-16-6-4-14(13-21)5-7-16/h4-7,10-12,19,22H,3,8-9H2,1-2H3,(H,23,24). The van der Waals surface area contributed by atoms with Gasteiger partial charge < -0.3 is 24.6 Å². The van der Waals surface area contributed by atoms with E-state index in [1.807, 2.05) is 13.0 Å². The number of hydrogen-bond donors (Lipinski definition) is 2. The average Bonchev–Trinajstić information content (AvgIpc) is 2.66. The van der Waals surface area contributed by atoms with Gasteiger partial charge in [-0.2, -0.15) is 5.26 Å². The van der Waals surface area contributed by atoms with Crippen LogP contribution in [0, 0.1) is 11.3 Å². The Kier molecular flexibility index (Phi) is 7.47. The third-order valence-electron chi connectivity index (χ3n) is 3.67. The highest BCUT2D eigenvalue weighted by atomic mass is 16.5. The molecule has 0 spiro atoms. The molecule has 2 rings (SSSR count). The van der Waals surface area contributed by atoms with Crippen LogP contribution in [0.3, 0.4) is 0 Å². The Morgan fingerprint density at radius 2 is 1.81 bits per heavy atom. The number of hydrogen-bond acceptors (Lipinski definition) is 6. The van der Waals surface area contributed by atoms with E-state index in [0.717, 1.165) is 0 Å². The Morgan fingerprint density at radius 1 is 1.15 bits per heavy atom. The van der Waals surface area contributed by atoms with Crippen molar-refractivity contribution in [1.29, 1.82) is 5.26 Å². The lowest BCUT2D eigenvalue weighted by Gasteiger charge is -2.18. The van der Waals surface area contributed by atoms with Gasteiger partial charge in [-0.3, -0.25) is 0 Å². The number of ether oxygens (including phenoxy) is 3. The SMILES string of the molecule is CCOc1cc(OCCOC)cc(C(Nc2ccc(C#N)cc2)C(=O)O)c1. The number of nitrogens with one attached hydrogen (secondary N) is 1. The summed E-state index contributed by atoms with van der Waals surface area (Å²) < 4.78 is 16.1. The average molecular weight is 370 g/mol. The summed E-state index contributed by atoms with van der Waals surface area (Å²) in [5.74, 6) is -0.0213. The van der Waals surface area contributed by atoms with Gasteiger partial charge in [-0.1, -0.05) is 0 Å². The Morgan fingerprint density at radius 3 is 2.37 bits per heavy atom. The molecule has 0 aliphatic carbocycles. The quantitative estimate of drug-likeness (QED) is 0.619. The number of benzene rings is 2. The van der Waals surface area contributed by atoms with Gasteiger partial charge in [0.2, 0.25) is 0 Å². The summed E-state index contributed by atoms with van der Waals surface area (Å²) in [5, 5.41) is 21.5. The minimum Gasteiger partial charge on any atom is -0.494 e. The van der Waals surface area contributed by atoms with Crippen LogP contribution in [-0.4, -0.2) is 38.0 Å². The van der Waals surface area contributed by atoms with E-state index >= 15 is 0 Å². The summed E-state index contributed by atoms with van der Waals surface area (Å²) in [6.07, 6.45) is 0. The topological polar surface area (TPSA) is 101 Å². The summed E-state index contributed by atoms with van der Waals surface area (Å²) in [7, 11) is 1.58. The molecule has 0 fully saturated rings. The lowest BCUT2D eigenvalue weighted by atomic mass is 10.1. The largest absolute Gasteiger partial charge is 0.494 e. The number of nitrogens with zero attached hydrogens (tertiary/aromatic N) is 1. The van der Waals surface area contributed by atoms with Crippen molar-refractivity contribution >= 4 is 11.7 Å². The third kappa shape index (κ3) is 5.90. The molecular formula is C20H22N2O5. The van der Waals surface area contributed by atoms with E-state index in [1.165, 1.54) is 0 Å². The molecule has 0 saturated carbocycles. The zero-order chi connectivity index (χ0) is 19.6. The molecular weight excluding hydrogens is 348 g/mol. The summed E-state index contributed by atoms with van der Waals surface area (Å²) in [6.45, 7) is 3.05. The second-order valence-electron chi connectivity index (χ2n) is 5.62. The molecule has 0 radical (unpaired) electrons. The highest BCUT2D eigenvalue weighted by Crippen LogP contribution is 2.29. The number of anilines is 1. The van der Waals surface area contributed by atoms with Crippen LogP contribution in [0.15, 0.2) is 42.5 Å². The summed E-state index contributed by atoms with van der Waals surface area (Å²) >= 11 is 0. The molecule has 27 heavy (non-hydrogen) atoms. The Hall–Kier alpha value is -3.24. The van der Waals surface area contributed by atoms with Gasteiger partial charge in [-0.25, -0.2) is 4.79 Å². The van der Waals surface area contributed by atoms with Crippen molar-refractivity contribution in [1.82, 2.24) is 0 Å². The van der Waals surface area contributed by atoms with Crippen LogP contribution in [0.2, 0.25) is 0 Å². The molecule has 0 heterocycles. The van der Waals surface area contributed by atoms with Crippen molar-refractivity contribution in [2.75, 3.05) is 32.2 Å². The van der Waals surface area contributed by atoms with Crippen LogP contribution in [0.25, 0.3) is 0 Å². The fraction of sp³-hybridized carbons (Fsp3) is 0.300. The predicted octanol–water partition coefficient (Wildman–Crippen LogP) is 3.22. The number of carboxylic acids is 1. The molecule has 0 saturated heterocycles. The van der Waals surface area contributed by atoms with Gasteiger partial charge in [0.25, 0.3) is 0 Å². The molecule has 142 valence electrons. The minimum atomic E-state index is -1.05. The second-order valence-corrected chi connectivity index (χ2v) is 5.62. The zero-order valence-electron chi connectivity index (χ0n) is 15.3. The number of rotatable bonds is 10. The van der Waals surface area contributed by atoms with E-state index in [1.54, 1.807) is 49.6 Å². The first kappa shape index (κ1) is 20.1. The summed E-state index contributed by atoms with van der Waals surface area (Å²) in [6, 6.07) is 12.6. The molecule has 0 aliphatic rings. The van der Waals surface area contributed by atoms with Crippen molar-refractivity contribution in [2.24, 2.45) is 0 Å². The highest BCUT2D eigenvalue weighted by molar-refractivity contribution is 5.79. The summed E-state index contributed by atoms with van der Waals surface area (Å²) in [4.78, 5) is 11.9. The lowest BCUT2D eigenvalue weighted by Crippen LogP contribution is -2.20. The third-order valence-corrected chi connectivity index (χ3v) is 3.67. The molecule has 0 aromatic heterocycles. The van der Waals surface area contributed by atoms with E-state index in [2.05, 4.69) is 5.32 Å². The summed E-state index contributed by atoms with van der Waals surface area (Å²) in [5.41, 5.74) is 1.58. The van der Waals surface area contributed by atoms with Crippen LogP contribution >= 0.6 is 0 Å². The van der Waals surface area contributed by atoms with Crippen molar-refractivity contribution < 1.29 is 24.1 Å². The number of nitriles is 1. The molecule has 0 amide bonds. The molecule has 7 nitrogen and oxygen atoms in total. The van der Waals surface area contributed by atoms with Gasteiger partial charge in [0.15, 0.2) is 6.04 Å². The van der Waals surface area contributed by atoms with E-state index < -0.39 is 12.0 Å². The van der Waals surface area contributed by atoms with Crippen LogP contribution in [-0.2, 0) is 9.53 Å². The molecule has 1 unspecified atom stereocenters. The number of methoxy groups -OCH3 is 1. The smallest absolute Gasteiger partial charge is 0.330 e. The first-order valence-electron chi connectivity index (χ1n) is 8.46. The van der Waals surface area contributed by atoms with E-state index in [9.17, 15) is 9.90 Å². The first-order chi connectivity index (χ1) is 13.1. The molecule has 1 atom stereocenters. The number of aliphatic carboxylic acids is 1. The van der Waals surface area contributed by atoms with Crippen molar-refractivity contribution in [2.45, 2.75) is 13.0 Å². The Labute approximate surface area is 158 Å². The predicted molar refractivity (Wildman–Crippen MR) is 100 cm³/mol. The van der Waals surface area contributed by atoms with Crippen LogP contribution in [0.4, 0.5) is 5.69 Å². The van der Waals surface area contributed by atoms with Gasteiger partial charge in [0.1, 0.15) is 18.1 Å². The van der Waals surface area contributed by atoms with Gasteiger partial charge in [0, 0.05) is 18.9 Å². The monoisotopic (exact) mass is 370 g/mol. The van der Waals surface area contributed by atoms with Crippen LogP contribution in [0.1, 0.15) is 24.1 Å².